The second kappa shape index (κ2) is 4.27. The molecule has 1 aromatic heterocycles. The van der Waals surface area contributed by atoms with Crippen LogP contribution in [0.2, 0.25) is 0 Å². The van der Waals surface area contributed by atoms with Crippen molar-refractivity contribution in [3.63, 3.8) is 0 Å². The number of hydrogen-bond acceptors (Lipinski definition) is 6. The minimum atomic E-state index is 0.586. The lowest BCUT2D eigenvalue weighted by Crippen LogP contribution is -2.23. The van der Waals surface area contributed by atoms with Gasteiger partial charge in [-0.2, -0.15) is 4.98 Å². The molecule has 0 amide bonds. The Morgan fingerprint density at radius 1 is 1.62 bits per heavy atom. The molecule has 0 aliphatic carbocycles. The van der Waals surface area contributed by atoms with Crippen molar-refractivity contribution in [3.8, 4) is 0 Å². The molecule has 2 rings (SSSR count). The van der Waals surface area contributed by atoms with Crippen molar-refractivity contribution in [3.05, 3.63) is 12.2 Å². The summed E-state index contributed by atoms with van der Waals surface area (Å²) in [5.74, 6) is 1.80. The maximum Gasteiger partial charge on any atom is 0.213 e. The summed E-state index contributed by atoms with van der Waals surface area (Å²) in [6.07, 6.45) is 2.49. The molecule has 1 aromatic rings. The fraction of sp³-hybridized carbons (Fsp3) is 0.571. The number of rotatable bonds is 2. The normalized spacial score (nSPS) is 16.8. The lowest BCUT2D eigenvalue weighted by atomic mass is 10.5. The maximum absolute atomic E-state index is 4.61. The summed E-state index contributed by atoms with van der Waals surface area (Å²) in [5.41, 5.74) is 0. The van der Waals surface area contributed by atoms with Crippen molar-refractivity contribution in [1.82, 2.24) is 15.5 Å². The monoisotopic (exact) mass is 198 g/mol. The first kappa shape index (κ1) is 8.55. The first-order chi connectivity index (χ1) is 6.45. The zero-order valence-electron chi connectivity index (χ0n) is 7.06. The van der Waals surface area contributed by atoms with Gasteiger partial charge in [0.2, 0.25) is 6.39 Å². The van der Waals surface area contributed by atoms with Crippen molar-refractivity contribution in [2.24, 2.45) is 4.99 Å². The summed E-state index contributed by atoms with van der Waals surface area (Å²) in [6.45, 7) is 1.50. The minimum Gasteiger partial charge on any atom is -0.357 e. The summed E-state index contributed by atoms with van der Waals surface area (Å²) < 4.78 is 4.61. The highest BCUT2D eigenvalue weighted by molar-refractivity contribution is 8.13. The molecule has 6 heteroatoms. The van der Waals surface area contributed by atoms with E-state index in [1.807, 2.05) is 0 Å². The van der Waals surface area contributed by atoms with E-state index in [0.29, 0.717) is 12.4 Å². The van der Waals surface area contributed by atoms with Crippen molar-refractivity contribution in [2.75, 3.05) is 12.3 Å². The van der Waals surface area contributed by atoms with Gasteiger partial charge < -0.3 is 9.84 Å². The Kier molecular flexibility index (Phi) is 2.81. The smallest absolute Gasteiger partial charge is 0.213 e. The quantitative estimate of drug-likeness (QED) is 0.756. The highest BCUT2D eigenvalue weighted by Gasteiger charge is 2.06. The molecule has 0 aromatic carbocycles. The number of nitrogens with one attached hydrogen (secondary N) is 1. The largest absolute Gasteiger partial charge is 0.357 e. The molecule has 0 atom stereocenters. The highest BCUT2D eigenvalue weighted by Crippen LogP contribution is 2.10. The molecule has 1 aliphatic rings. The van der Waals surface area contributed by atoms with Crippen LogP contribution in [0.5, 0.6) is 0 Å². The molecule has 1 N–H and O–H groups in total. The van der Waals surface area contributed by atoms with Crippen LogP contribution in [-0.2, 0) is 6.54 Å². The first-order valence-electron chi connectivity index (χ1n) is 4.11. The first-order valence-corrected chi connectivity index (χ1v) is 5.10. The Morgan fingerprint density at radius 2 is 2.62 bits per heavy atom. The van der Waals surface area contributed by atoms with Crippen LogP contribution in [0, 0.1) is 0 Å². The molecular formula is C7H10N4OS. The Hall–Kier alpha value is -1.04. The predicted octanol–water partition coefficient (Wildman–Crippen LogP) is 0.652. The number of hydrogen-bond donors (Lipinski definition) is 1. The van der Waals surface area contributed by atoms with Crippen molar-refractivity contribution in [1.29, 1.82) is 0 Å². The SMILES string of the molecule is c1nc(CNC2=NCCCS2)no1. The van der Waals surface area contributed by atoms with Gasteiger partial charge in [-0.05, 0) is 6.42 Å². The molecule has 13 heavy (non-hydrogen) atoms. The van der Waals surface area contributed by atoms with Gasteiger partial charge in [0.25, 0.3) is 0 Å². The Balaban J connectivity index is 1.82. The third-order valence-corrected chi connectivity index (χ3v) is 2.64. The van der Waals surface area contributed by atoms with E-state index < -0.39 is 0 Å². The molecule has 0 fully saturated rings. The molecule has 5 nitrogen and oxygen atoms in total. The number of nitrogens with zero attached hydrogens (tertiary/aromatic N) is 3. The van der Waals surface area contributed by atoms with E-state index >= 15 is 0 Å². The van der Waals surface area contributed by atoms with Crippen LogP contribution in [-0.4, -0.2) is 27.6 Å². The number of aromatic nitrogens is 2. The summed E-state index contributed by atoms with van der Waals surface area (Å²) in [5, 5.41) is 7.82. The lowest BCUT2D eigenvalue weighted by molar-refractivity contribution is 0.409. The van der Waals surface area contributed by atoms with Gasteiger partial charge in [0.1, 0.15) is 0 Å². The van der Waals surface area contributed by atoms with Crippen molar-refractivity contribution >= 4 is 16.9 Å². The standard InChI is InChI=1S/C7H10N4OS/c1-2-8-7(13-3-1)9-4-6-10-5-12-11-6/h5H,1-4H2,(H,8,9). The third-order valence-electron chi connectivity index (χ3n) is 1.60. The molecule has 0 unspecified atom stereocenters. The average molecular weight is 198 g/mol. The number of aliphatic imine (C=N–C) groups is 1. The van der Waals surface area contributed by atoms with Gasteiger partial charge in [-0.25, -0.2) is 0 Å². The van der Waals surface area contributed by atoms with Gasteiger partial charge in [0, 0.05) is 12.3 Å². The molecule has 1 aliphatic heterocycles. The fourth-order valence-corrected chi connectivity index (χ4v) is 1.82. The number of thioether (sulfide) groups is 1. The summed E-state index contributed by atoms with van der Waals surface area (Å²) in [7, 11) is 0. The highest BCUT2D eigenvalue weighted by atomic mass is 32.2. The summed E-state index contributed by atoms with van der Waals surface area (Å²) in [4.78, 5) is 8.21. The van der Waals surface area contributed by atoms with Crippen LogP contribution in [0.4, 0.5) is 0 Å². The second-order valence-corrected chi connectivity index (χ2v) is 3.67. The van der Waals surface area contributed by atoms with E-state index in [-0.39, 0.29) is 0 Å². The molecule has 0 saturated heterocycles. The average Bonchev–Trinajstić information content (AvgIpc) is 2.69. The van der Waals surface area contributed by atoms with Gasteiger partial charge >= 0.3 is 0 Å². The Bertz CT molecular complexity index is 285. The summed E-state index contributed by atoms with van der Waals surface area (Å²) >= 11 is 1.74. The minimum absolute atomic E-state index is 0.586. The van der Waals surface area contributed by atoms with Crippen LogP contribution in [0.1, 0.15) is 12.2 Å². The van der Waals surface area contributed by atoms with E-state index in [1.165, 1.54) is 6.39 Å². The van der Waals surface area contributed by atoms with E-state index in [1.54, 1.807) is 11.8 Å². The van der Waals surface area contributed by atoms with E-state index in [4.69, 9.17) is 0 Å². The van der Waals surface area contributed by atoms with Crippen LogP contribution in [0.15, 0.2) is 15.9 Å². The van der Waals surface area contributed by atoms with E-state index in [2.05, 4.69) is 25.0 Å². The van der Waals surface area contributed by atoms with E-state index in [0.717, 1.165) is 23.9 Å². The molecule has 2 heterocycles. The van der Waals surface area contributed by atoms with Gasteiger partial charge in [0.15, 0.2) is 11.0 Å². The zero-order chi connectivity index (χ0) is 8.93. The molecular weight excluding hydrogens is 188 g/mol. The predicted molar refractivity (Wildman–Crippen MR) is 50.5 cm³/mol. The van der Waals surface area contributed by atoms with Gasteiger partial charge in [-0.3, -0.25) is 4.99 Å². The number of amidine groups is 1. The van der Waals surface area contributed by atoms with E-state index in [9.17, 15) is 0 Å². The summed E-state index contributed by atoms with van der Waals surface area (Å²) in [6, 6.07) is 0. The van der Waals surface area contributed by atoms with Gasteiger partial charge in [0.05, 0.1) is 6.54 Å². The Labute approximate surface area is 80.0 Å². The van der Waals surface area contributed by atoms with Crippen molar-refractivity contribution in [2.45, 2.75) is 13.0 Å². The van der Waals surface area contributed by atoms with Crippen LogP contribution in [0.25, 0.3) is 0 Å². The fourth-order valence-electron chi connectivity index (χ4n) is 0.992. The topological polar surface area (TPSA) is 63.3 Å². The second-order valence-electron chi connectivity index (χ2n) is 2.59. The maximum atomic E-state index is 4.61. The van der Waals surface area contributed by atoms with Crippen molar-refractivity contribution < 1.29 is 4.52 Å². The lowest BCUT2D eigenvalue weighted by Gasteiger charge is -2.11. The van der Waals surface area contributed by atoms with Gasteiger partial charge in [-0.15, -0.1) is 0 Å². The molecule has 0 spiro atoms. The molecule has 70 valence electrons. The zero-order valence-corrected chi connectivity index (χ0v) is 7.88. The van der Waals surface area contributed by atoms with Gasteiger partial charge in [-0.1, -0.05) is 16.9 Å². The molecule has 0 radical (unpaired) electrons. The molecule has 0 bridgehead atoms. The van der Waals surface area contributed by atoms with Crippen LogP contribution < -0.4 is 5.32 Å². The van der Waals surface area contributed by atoms with Crippen LogP contribution >= 0.6 is 11.8 Å². The molecule has 0 saturated carbocycles. The Morgan fingerprint density at radius 3 is 3.31 bits per heavy atom. The third kappa shape index (κ3) is 2.45. The van der Waals surface area contributed by atoms with Crippen LogP contribution in [0.3, 0.4) is 0 Å².